The number of carbonyl (C=O) groups is 1. The van der Waals surface area contributed by atoms with Crippen LogP contribution in [0.3, 0.4) is 0 Å². The number of aromatic amines is 1. The maximum absolute atomic E-state index is 15.5. The fraction of sp³-hybridized carbons (Fsp3) is 0.162. The lowest BCUT2D eigenvalue weighted by Gasteiger charge is -2.15. The number of nitrogens with one attached hydrogen (secondary N) is 3. The molecule has 0 aliphatic heterocycles. The van der Waals surface area contributed by atoms with Crippen LogP contribution >= 0.6 is 0 Å². The van der Waals surface area contributed by atoms with Crippen molar-refractivity contribution in [1.82, 2.24) is 9.55 Å². The minimum absolute atomic E-state index is 0.0381. The molecule has 0 saturated heterocycles. The van der Waals surface area contributed by atoms with Gasteiger partial charge in [-0.15, -0.1) is 0 Å². The molecule has 5 aromatic rings. The number of rotatable bonds is 15. The highest BCUT2D eigenvalue weighted by Gasteiger charge is 2.21. The molecule has 0 bridgehead atoms. The van der Waals surface area contributed by atoms with Gasteiger partial charge in [-0.2, -0.15) is 0 Å². The maximum atomic E-state index is 15.5. The van der Waals surface area contributed by atoms with Gasteiger partial charge in [0.15, 0.2) is 17.3 Å². The van der Waals surface area contributed by atoms with Gasteiger partial charge in [-0.05, 0) is 72.6 Å². The fourth-order valence-corrected chi connectivity index (χ4v) is 5.00. The Balaban J connectivity index is 1.36. The SMILES string of the molecule is CCOc1ccn(-c2ccc(F)cc2)c(=O)c1C(=O)Nc1ccc(O/C(=C/C=N)c2[nH]ccc2-c2cccc(COCCOC)c2)c(F)c1. The van der Waals surface area contributed by atoms with Crippen molar-refractivity contribution in [3.8, 4) is 28.3 Å². The van der Waals surface area contributed by atoms with E-state index in [1.54, 1.807) is 20.2 Å². The summed E-state index contributed by atoms with van der Waals surface area (Å²) in [6.07, 6.45) is 5.56. The Morgan fingerprint density at radius 3 is 2.55 bits per heavy atom. The molecule has 2 heterocycles. The molecule has 1 amide bonds. The number of allylic oxidation sites excluding steroid dienone is 1. The summed E-state index contributed by atoms with van der Waals surface area (Å²) >= 11 is 0. The van der Waals surface area contributed by atoms with Crippen LogP contribution in [0.15, 0.2) is 102 Å². The minimum atomic E-state index is -0.829. The molecule has 0 unspecified atom stereocenters. The van der Waals surface area contributed by atoms with Gasteiger partial charge >= 0.3 is 0 Å². The van der Waals surface area contributed by atoms with Crippen molar-refractivity contribution in [3.05, 3.63) is 136 Å². The van der Waals surface area contributed by atoms with E-state index >= 15 is 4.39 Å². The number of benzene rings is 3. The minimum Gasteiger partial charge on any atom is -0.493 e. The average Bonchev–Trinajstić information content (AvgIpc) is 3.59. The molecule has 3 N–H and O–H groups in total. The number of anilines is 1. The number of carbonyl (C=O) groups excluding carboxylic acids is 1. The summed E-state index contributed by atoms with van der Waals surface area (Å²) in [6, 6.07) is 20.1. The monoisotopic (exact) mass is 668 g/mol. The van der Waals surface area contributed by atoms with Crippen molar-refractivity contribution in [2.45, 2.75) is 13.5 Å². The summed E-state index contributed by atoms with van der Waals surface area (Å²) in [6.45, 7) is 3.23. The third kappa shape index (κ3) is 8.36. The van der Waals surface area contributed by atoms with Crippen LogP contribution in [0.4, 0.5) is 14.5 Å². The third-order valence-electron chi connectivity index (χ3n) is 7.26. The third-order valence-corrected chi connectivity index (χ3v) is 7.26. The Morgan fingerprint density at radius 1 is 1.00 bits per heavy atom. The molecule has 0 saturated carbocycles. The predicted octanol–water partition coefficient (Wildman–Crippen LogP) is 6.99. The summed E-state index contributed by atoms with van der Waals surface area (Å²) in [7, 11) is 1.61. The molecule has 49 heavy (non-hydrogen) atoms. The normalized spacial score (nSPS) is 11.3. The van der Waals surface area contributed by atoms with Crippen molar-refractivity contribution in [2.24, 2.45) is 0 Å². The fourth-order valence-electron chi connectivity index (χ4n) is 5.00. The Bertz CT molecular complexity index is 2020. The molecule has 252 valence electrons. The van der Waals surface area contributed by atoms with E-state index in [4.69, 9.17) is 24.4 Å². The number of amides is 1. The molecule has 0 aliphatic carbocycles. The number of H-pyrrole nitrogens is 1. The van der Waals surface area contributed by atoms with Crippen molar-refractivity contribution in [3.63, 3.8) is 0 Å². The van der Waals surface area contributed by atoms with Crippen LogP contribution in [0.1, 0.15) is 28.5 Å². The molecule has 5 rings (SSSR count). The quantitative estimate of drug-likeness (QED) is 0.0627. The van der Waals surface area contributed by atoms with Gasteiger partial charge in [0.25, 0.3) is 11.5 Å². The molecular formula is C37H34F2N4O6. The molecule has 10 nitrogen and oxygen atoms in total. The van der Waals surface area contributed by atoms with E-state index in [0.29, 0.717) is 31.2 Å². The Labute approximate surface area is 281 Å². The van der Waals surface area contributed by atoms with E-state index in [1.807, 2.05) is 30.3 Å². The Morgan fingerprint density at radius 2 is 1.82 bits per heavy atom. The largest absolute Gasteiger partial charge is 0.493 e. The number of halogens is 2. The Hall–Kier alpha value is -5.85. The lowest BCUT2D eigenvalue weighted by molar-refractivity contribution is 0.0617. The summed E-state index contributed by atoms with van der Waals surface area (Å²) in [4.78, 5) is 29.9. The topological polar surface area (TPSA) is 128 Å². The molecule has 0 spiro atoms. The van der Waals surface area contributed by atoms with Crippen LogP contribution in [0.2, 0.25) is 0 Å². The molecule has 12 heteroatoms. The number of aromatic nitrogens is 2. The second-order valence-electron chi connectivity index (χ2n) is 10.6. The average molecular weight is 669 g/mol. The van der Waals surface area contributed by atoms with Crippen LogP contribution in [0.5, 0.6) is 11.5 Å². The first kappa shape index (κ1) is 34.5. The summed E-state index contributed by atoms with van der Waals surface area (Å²) in [5, 5.41) is 10.2. The lowest BCUT2D eigenvalue weighted by Crippen LogP contribution is -2.29. The van der Waals surface area contributed by atoms with Crippen LogP contribution in [-0.4, -0.2) is 48.6 Å². The molecule has 0 atom stereocenters. The lowest BCUT2D eigenvalue weighted by atomic mass is 10.0. The van der Waals surface area contributed by atoms with Crippen molar-refractivity contribution in [1.29, 1.82) is 5.41 Å². The summed E-state index contributed by atoms with van der Waals surface area (Å²) in [5.41, 5.74) is 2.46. The van der Waals surface area contributed by atoms with Gasteiger partial charge in [0.1, 0.15) is 17.1 Å². The highest BCUT2D eigenvalue weighted by molar-refractivity contribution is 6.06. The van der Waals surface area contributed by atoms with E-state index in [9.17, 15) is 14.0 Å². The van der Waals surface area contributed by atoms with Gasteiger partial charge in [0, 0.05) is 54.8 Å². The summed E-state index contributed by atoms with van der Waals surface area (Å²) in [5.74, 6) is -2.06. The van der Waals surface area contributed by atoms with Gasteiger partial charge in [-0.3, -0.25) is 14.2 Å². The van der Waals surface area contributed by atoms with Gasteiger partial charge in [0.2, 0.25) is 0 Å². The van der Waals surface area contributed by atoms with Crippen molar-refractivity contribution < 1.29 is 32.5 Å². The second-order valence-corrected chi connectivity index (χ2v) is 10.6. The van der Waals surface area contributed by atoms with E-state index in [2.05, 4.69) is 10.3 Å². The van der Waals surface area contributed by atoms with E-state index in [-0.39, 0.29) is 35.1 Å². The molecule has 0 radical (unpaired) electrons. The number of nitrogens with zero attached hydrogens (tertiary/aromatic N) is 1. The summed E-state index contributed by atoms with van der Waals surface area (Å²) < 4.78 is 52.3. The zero-order valence-electron chi connectivity index (χ0n) is 26.8. The molecular weight excluding hydrogens is 634 g/mol. The van der Waals surface area contributed by atoms with Gasteiger partial charge in [0.05, 0.1) is 32.1 Å². The van der Waals surface area contributed by atoms with Gasteiger partial charge in [-0.25, -0.2) is 8.78 Å². The zero-order chi connectivity index (χ0) is 34.8. The van der Waals surface area contributed by atoms with Crippen LogP contribution in [0, 0.1) is 17.0 Å². The molecule has 0 aliphatic rings. The molecule has 2 aromatic heterocycles. The second kappa shape index (κ2) is 16.3. The Kier molecular flexibility index (Phi) is 11.5. The van der Waals surface area contributed by atoms with Crippen LogP contribution < -0.4 is 20.3 Å². The number of hydrogen-bond donors (Lipinski definition) is 3. The van der Waals surface area contributed by atoms with Crippen molar-refractivity contribution in [2.75, 3.05) is 32.2 Å². The van der Waals surface area contributed by atoms with E-state index in [0.717, 1.165) is 29.0 Å². The van der Waals surface area contributed by atoms with E-state index in [1.165, 1.54) is 59.3 Å². The highest BCUT2D eigenvalue weighted by atomic mass is 19.1. The number of methoxy groups -OCH3 is 1. The zero-order valence-corrected chi connectivity index (χ0v) is 26.8. The predicted molar refractivity (Wildman–Crippen MR) is 183 cm³/mol. The standard InChI is InChI=1S/C37H34F2N4O6/c1-3-48-32-15-18-43(28-10-7-26(38)8-11-28)37(45)34(32)36(44)42-27-9-12-31(30(39)22-27)49-33(13-16-40)35-29(14-17-41-35)25-6-4-5-24(21-25)23-47-20-19-46-2/h4-18,21-22,40-41H,3,19-20,23H2,1-2H3,(H,42,44)/b33-13+,40-16?. The van der Waals surface area contributed by atoms with Crippen molar-refractivity contribution >= 4 is 23.6 Å². The first-order valence-electron chi connectivity index (χ1n) is 15.3. The first-order valence-corrected chi connectivity index (χ1v) is 15.3. The maximum Gasteiger partial charge on any atom is 0.271 e. The van der Waals surface area contributed by atoms with E-state index < -0.39 is 23.1 Å². The van der Waals surface area contributed by atoms with Gasteiger partial charge < -0.3 is 34.7 Å². The highest BCUT2D eigenvalue weighted by Crippen LogP contribution is 2.32. The van der Waals surface area contributed by atoms with Crippen LogP contribution in [-0.2, 0) is 16.1 Å². The first-order chi connectivity index (χ1) is 23.8. The number of ether oxygens (including phenoxy) is 4. The molecule has 0 fully saturated rings. The molecule has 3 aromatic carbocycles. The smallest absolute Gasteiger partial charge is 0.271 e. The van der Waals surface area contributed by atoms with Gasteiger partial charge in [-0.1, -0.05) is 18.2 Å². The number of pyridine rings is 1. The van der Waals surface area contributed by atoms with Crippen LogP contribution in [0.25, 0.3) is 22.6 Å². The number of hydrogen-bond acceptors (Lipinski definition) is 7.